The summed E-state index contributed by atoms with van der Waals surface area (Å²) < 4.78 is 16.5. The predicted molar refractivity (Wildman–Crippen MR) is 152 cm³/mol. The number of ether oxygens (including phenoxy) is 3. The first-order valence-corrected chi connectivity index (χ1v) is 13.1. The smallest absolute Gasteiger partial charge is 0.417 e. The van der Waals surface area contributed by atoms with E-state index in [2.05, 4.69) is 25.5 Å². The van der Waals surface area contributed by atoms with Crippen molar-refractivity contribution in [1.29, 1.82) is 0 Å². The van der Waals surface area contributed by atoms with E-state index in [-0.39, 0.29) is 5.75 Å². The summed E-state index contributed by atoms with van der Waals surface area (Å²) >= 11 is 13.3. The first-order chi connectivity index (χ1) is 19.0. The molecule has 39 heavy (non-hydrogen) atoms. The molecule has 0 unspecified atom stereocenters. The number of anilines is 1. The molecule has 9 nitrogen and oxygen atoms in total. The van der Waals surface area contributed by atoms with Gasteiger partial charge < -0.3 is 19.5 Å². The molecule has 1 saturated heterocycles. The van der Waals surface area contributed by atoms with E-state index in [1.165, 1.54) is 14.2 Å². The van der Waals surface area contributed by atoms with Crippen LogP contribution in [0, 0.1) is 0 Å². The number of piperazine rings is 1. The zero-order valence-electron chi connectivity index (χ0n) is 21.5. The molecule has 2 aromatic carbocycles. The minimum absolute atomic E-state index is 0.275. The number of pyridine rings is 2. The number of halogens is 2. The summed E-state index contributed by atoms with van der Waals surface area (Å²) in [6.45, 7) is 4.69. The van der Waals surface area contributed by atoms with Crippen LogP contribution in [-0.4, -0.2) is 61.4 Å². The Kier molecular flexibility index (Phi) is 8.33. The molecule has 2 aromatic heterocycles. The van der Waals surface area contributed by atoms with Crippen molar-refractivity contribution in [2.24, 2.45) is 0 Å². The number of aromatic nitrogens is 2. The fraction of sp³-hybridized carbons (Fsp3) is 0.250. The van der Waals surface area contributed by atoms with E-state index in [0.29, 0.717) is 49.3 Å². The van der Waals surface area contributed by atoms with E-state index < -0.39 is 6.09 Å². The van der Waals surface area contributed by atoms with Gasteiger partial charge in [0.2, 0.25) is 0 Å². The van der Waals surface area contributed by atoms with Crippen LogP contribution in [-0.2, 0) is 6.54 Å². The van der Waals surface area contributed by atoms with E-state index in [1.807, 2.05) is 18.2 Å². The van der Waals surface area contributed by atoms with Crippen LogP contribution in [0.4, 0.5) is 10.5 Å². The molecule has 0 spiro atoms. The molecule has 1 fully saturated rings. The summed E-state index contributed by atoms with van der Waals surface area (Å²) in [7, 11) is 3.03. The number of methoxy groups -OCH3 is 2. The van der Waals surface area contributed by atoms with E-state index in [9.17, 15) is 4.79 Å². The molecule has 2 N–H and O–H groups in total. The van der Waals surface area contributed by atoms with Crippen LogP contribution < -0.4 is 24.8 Å². The van der Waals surface area contributed by atoms with Crippen LogP contribution in [0.15, 0.2) is 54.9 Å². The first-order valence-electron chi connectivity index (χ1n) is 12.3. The summed E-state index contributed by atoms with van der Waals surface area (Å²) in [6.07, 6.45) is 2.58. The lowest BCUT2D eigenvalue weighted by Crippen LogP contribution is -2.43. The van der Waals surface area contributed by atoms with Gasteiger partial charge in [0, 0.05) is 55.9 Å². The maximum Gasteiger partial charge on any atom is 0.417 e. The molecule has 202 valence electrons. The van der Waals surface area contributed by atoms with Crippen LogP contribution in [0.2, 0.25) is 10.0 Å². The van der Waals surface area contributed by atoms with Gasteiger partial charge in [0.05, 0.1) is 41.8 Å². The van der Waals surface area contributed by atoms with Gasteiger partial charge in [-0.05, 0) is 35.9 Å². The molecule has 11 heteroatoms. The van der Waals surface area contributed by atoms with Gasteiger partial charge in [0.15, 0.2) is 5.75 Å². The summed E-state index contributed by atoms with van der Waals surface area (Å²) in [5, 5.41) is 7.40. The lowest BCUT2D eigenvalue weighted by atomic mass is 9.99. The van der Waals surface area contributed by atoms with Gasteiger partial charge in [0.1, 0.15) is 17.0 Å². The Bertz CT molecular complexity index is 1470. The molecule has 0 aliphatic carbocycles. The molecule has 1 amide bonds. The molecule has 0 saturated carbocycles. The lowest BCUT2D eigenvalue weighted by molar-refractivity contribution is 0.215. The average Bonchev–Trinajstić information content (AvgIpc) is 2.96. The highest BCUT2D eigenvalue weighted by Gasteiger charge is 2.22. The largest absolute Gasteiger partial charge is 0.495 e. The van der Waals surface area contributed by atoms with Crippen molar-refractivity contribution in [2.45, 2.75) is 6.54 Å². The second-order valence-corrected chi connectivity index (χ2v) is 9.63. The van der Waals surface area contributed by atoms with Crippen molar-refractivity contribution in [2.75, 3.05) is 45.7 Å². The summed E-state index contributed by atoms with van der Waals surface area (Å²) in [5.74, 6) is 1.10. The van der Waals surface area contributed by atoms with Gasteiger partial charge in [-0.15, -0.1) is 0 Å². The van der Waals surface area contributed by atoms with E-state index >= 15 is 0 Å². The van der Waals surface area contributed by atoms with Crippen molar-refractivity contribution in [1.82, 2.24) is 20.2 Å². The topological polar surface area (TPSA) is 97.8 Å². The average molecular weight is 568 g/mol. The maximum atomic E-state index is 12.8. The molecule has 5 rings (SSSR count). The molecule has 4 aromatic rings. The maximum absolute atomic E-state index is 12.8. The molecule has 0 bridgehead atoms. The number of hydrogen-bond donors (Lipinski definition) is 2. The van der Waals surface area contributed by atoms with Gasteiger partial charge in [-0.3, -0.25) is 20.2 Å². The summed E-state index contributed by atoms with van der Waals surface area (Å²) in [4.78, 5) is 24.1. The third-order valence-electron chi connectivity index (χ3n) is 6.44. The number of hydrogen-bond acceptors (Lipinski definition) is 8. The zero-order chi connectivity index (χ0) is 27.4. The van der Waals surface area contributed by atoms with Crippen molar-refractivity contribution in [3.63, 3.8) is 0 Å². The Hall–Kier alpha value is -3.63. The minimum atomic E-state index is -0.662. The molecule has 0 radical (unpaired) electrons. The summed E-state index contributed by atoms with van der Waals surface area (Å²) in [5.41, 5.74) is 3.13. The van der Waals surface area contributed by atoms with Gasteiger partial charge in [-0.2, -0.15) is 0 Å². The quantitative estimate of drug-likeness (QED) is 0.296. The number of rotatable bonds is 7. The van der Waals surface area contributed by atoms with Crippen LogP contribution in [0.5, 0.6) is 17.2 Å². The number of nitrogens with zero attached hydrogens (tertiary/aromatic N) is 3. The Morgan fingerprint density at radius 2 is 1.74 bits per heavy atom. The Morgan fingerprint density at radius 1 is 1.00 bits per heavy atom. The fourth-order valence-electron chi connectivity index (χ4n) is 4.50. The molecular formula is C28H27Cl2N5O4. The molecule has 0 atom stereocenters. The highest BCUT2D eigenvalue weighted by Crippen LogP contribution is 2.48. The van der Waals surface area contributed by atoms with Crippen molar-refractivity contribution < 1.29 is 19.0 Å². The highest BCUT2D eigenvalue weighted by molar-refractivity contribution is 6.41. The van der Waals surface area contributed by atoms with Crippen LogP contribution >= 0.6 is 23.2 Å². The third kappa shape index (κ3) is 5.86. The molecule has 3 heterocycles. The minimum Gasteiger partial charge on any atom is -0.495 e. The van der Waals surface area contributed by atoms with Gasteiger partial charge in [-0.1, -0.05) is 29.3 Å². The van der Waals surface area contributed by atoms with Gasteiger partial charge in [-0.25, -0.2) is 4.79 Å². The van der Waals surface area contributed by atoms with Crippen LogP contribution in [0.3, 0.4) is 0 Å². The fourth-order valence-corrected chi connectivity index (χ4v) is 5.21. The van der Waals surface area contributed by atoms with E-state index in [1.54, 1.807) is 36.7 Å². The predicted octanol–water partition coefficient (Wildman–Crippen LogP) is 5.64. The first kappa shape index (κ1) is 27.0. The van der Waals surface area contributed by atoms with Crippen LogP contribution in [0.25, 0.3) is 22.0 Å². The van der Waals surface area contributed by atoms with Crippen LogP contribution in [0.1, 0.15) is 5.69 Å². The SMILES string of the molecule is COc1cc(OC)c(Cl)c(-c2ccc(OC(=O)Nc3ccc(CN4CCNCC4)nc3)c3ncccc23)c1Cl. The second kappa shape index (κ2) is 12.0. The molecule has 1 aliphatic rings. The van der Waals surface area contributed by atoms with Gasteiger partial charge >= 0.3 is 6.09 Å². The number of amides is 1. The van der Waals surface area contributed by atoms with Crippen molar-refractivity contribution in [3.05, 3.63) is 70.6 Å². The third-order valence-corrected chi connectivity index (χ3v) is 7.20. The zero-order valence-corrected chi connectivity index (χ0v) is 23.0. The summed E-state index contributed by atoms with van der Waals surface area (Å²) in [6, 6.07) is 12.4. The highest BCUT2D eigenvalue weighted by atomic mass is 35.5. The normalized spacial score (nSPS) is 13.7. The number of fused-ring (bicyclic) bond motifs is 1. The van der Waals surface area contributed by atoms with E-state index in [4.69, 9.17) is 37.4 Å². The monoisotopic (exact) mass is 567 g/mol. The molecule has 1 aliphatic heterocycles. The standard InChI is InChI=1S/C28H27Cl2N5O4/c1-37-22-14-23(38-2)26(30)24(25(22)29)19-7-8-21(27-20(19)4-3-9-32-27)39-28(36)34-17-5-6-18(33-15-17)16-35-12-10-31-11-13-35/h3-9,14-15,31H,10-13,16H2,1-2H3,(H,34,36). The number of benzene rings is 2. The molecular weight excluding hydrogens is 541 g/mol. The Labute approximate surface area is 236 Å². The number of nitrogens with one attached hydrogen (secondary N) is 2. The van der Waals surface area contributed by atoms with Crippen molar-refractivity contribution in [3.8, 4) is 28.4 Å². The number of carbonyl (C=O) groups excluding carboxylic acids is 1. The second-order valence-electron chi connectivity index (χ2n) is 8.87. The Morgan fingerprint density at radius 3 is 2.41 bits per heavy atom. The van der Waals surface area contributed by atoms with E-state index in [0.717, 1.165) is 38.4 Å². The van der Waals surface area contributed by atoms with Crippen molar-refractivity contribution >= 4 is 45.9 Å². The van der Waals surface area contributed by atoms with Gasteiger partial charge in [0.25, 0.3) is 0 Å². The Balaban J connectivity index is 1.37. The lowest BCUT2D eigenvalue weighted by Gasteiger charge is -2.26. The number of carbonyl (C=O) groups is 1.